The van der Waals surface area contributed by atoms with Gasteiger partial charge in [0.15, 0.2) is 17.2 Å². The molecule has 0 radical (unpaired) electrons. The summed E-state index contributed by atoms with van der Waals surface area (Å²) >= 11 is 0. The van der Waals surface area contributed by atoms with Gasteiger partial charge in [-0.1, -0.05) is 0 Å². The van der Waals surface area contributed by atoms with Gasteiger partial charge in [-0.3, -0.25) is 18.9 Å². The van der Waals surface area contributed by atoms with Crippen LogP contribution in [0.1, 0.15) is 21.0 Å². The van der Waals surface area contributed by atoms with Crippen molar-refractivity contribution in [2.24, 2.45) is 0 Å². The zero-order valence-corrected chi connectivity index (χ0v) is 15.0. The average Bonchev–Trinajstić information content (AvgIpc) is 3.20. The Kier molecular flexibility index (Phi) is 3.52. The molecule has 2 amide bonds. The van der Waals surface area contributed by atoms with Gasteiger partial charge in [-0.05, 0) is 0 Å². The number of hydrogen-bond donors (Lipinski definition) is 1. The predicted octanol–water partition coefficient (Wildman–Crippen LogP) is -0.169. The maximum Gasteiger partial charge on any atom is 0.281 e. The van der Waals surface area contributed by atoms with Crippen molar-refractivity contribution < 1.29 is 14.3 Å². The number of imide groups is 1. The Hall–Kier alpha value is -3.60. The number of carbonyl (C=O) groups excluding carboxylic acids is 2. The van der Waals surface area contributed by atoms with E-state index in [-0.39, 0.29) is 17.3 Å². The summed E-state index contributed by atoms with van der Waals surface area (Å²) in [7, 11) is 1.44. The van der Waals surface area contributed by atoms with Crippen molar-refractivity contribution in [2.75, 3.05) is 44.0 Å². The van der Waals surface area contributed by atoms with Crippen molar-refractivity contribution >= 4 is 29.2 Å². The number of amides is 2. The van der Waals surface area contributed by atoms with Gasteiger partial charge in [0.1, 0.15) is 5.69 Å². The number of ether oxygens (including phenoxy) is 1. The van der Waals surface area contributed by atoms with Gasteiger partial charge in [0, 0.05) is 44.3 Å². The first-order valence-corrected chi connectivity index (χ1v) is 8.70. The second-order valence-electron chi connectivity index (χ2n) is 6.55. The molecule has 3 aromatic rings. The third-order valence-electron chi connectivity index (χ3n) is 4.88. The summed E-state index contributed by atoms with van der Waals surface area (Å²) in [6.45, 7) is 2.38. The third kappa shape index (κ3) is 2.33. The summed E-state index contributed by atoms with van der Waals surface area (Å²) in [5.74, 6) is -0.0837. The zero-order valence-electron chi connectivity index (χ0n) is 15.0. The monoisotopic (exact) mass is 380 g/mol. The largest absolute Gasteiger partial charge is 0.378 e. The number of carbonyl (C=O) groups is 2. The molecule has 0 spiro atoms. The van der Waals surface area contributed by atoms with Gasteiger partial charge in [-0.2, -0.15) is 0 Å². The first-order chi connectivity index (χ1) is 13.5. The number of nitrogens with zero attached hydrogens (tertiary/aromatic N) is 7. The van der Waals surface area contributed by atoms with Crippen LogP contribution in [-0.2, 0) is 4.74 Å². The van der Waals surface area contributed by atoms with Crippen molar-refractivity contribution in [3.05, 3.63) is 30.0 Å². The molecule has 0 unspecified atom stereocenters. The van der Waals surface area contributed by atoms with E-state index in [0.717, 1.165) is 4.90 Å². The average molecular weight is 380 g/mol. The van der Waals surface area contributed by atoms with Crippen LogP contribution in [0.25, 0.3) is 16.9 Å². The van der Waals surface area contributed by atoms with Crippen molar-refractivity contribution in [1.82, 2.24) is 29.2 Å². The second-order valence-corrected chi connectivity index (χ2v) is 6.55. The quantitative estimate of drug-likeness (QED) is 0.602. The van der Waals surface area contributed by atoms with Gasteiger partial charge in [-0.25, -0.2) is 19.9 Å². The van der Waals surface area contributed by atoms with E-state index in [2.05, 4.69) is 15.0 Å². The molecule has 0 saturated carbocycles. The molecule has 2 aliphatic rings. The SMILES string of the molecule is CN1C(=O)c2nc3c(N4CCOCC4)nc(-c4cnc(N)nc4)cn3c2C1=O. The molecule has 5 heterocycles. The number of nitrogens with two attached hydrogens (primary N) is 1. The van der Waals surface area contributed by atoms with E-state index in [9.17, 15) is 9.59 Å². The van der Waals surface area contributed by atoms with E-state index >= 15 is 0 Å². The number of imidazole rings is 1. The Morgan fingerprint density at radius 2 is 1.79 bits per heavy atom. The molecule has 5 rings (SSSR count). The molecule has 142 valence electrons. The first kappa shape index (κ1) is 16.6. The van der Waals surface area contributed by atoms with E-state index in [0.29, 0.717) is 49.0 Å². The van der Waals surface area contributed by atoms with Crippen molar-refractivity contribution in [1.29, 1.82) is 0 Å². The van der Waals surface area contributed by atoms with Crippen molar-refractivity contribution in [3.63, 3.8) is 0 Å². The smallest absolute Gasteiger partial charge is 0.281 e. The van der Waals surface area contributed by atoms with E-state index in [4.69, 9.17) is 15.5 Å². The Morgan fingerprint density at radius 3 is 2.50 bits per heavy atom. The molecular formula is C17H16N8O3. The molecule has 0 aliphatic carbocycles. The van der Waals surface area contributed by atoms with E-state index in [1.54, 1.807) is 23.0 Å². The van der Waals surface area contributed by atoms with Crippen LogP contribution in [0.2, 0.25) is 0 Å². The summed E-state index contributed by atoms with van der Waals surface area (Å²) in [4.78, 5) is 45.3. The lowest BCUT2D eigenvalue weighted by atomic mass is 10.2. The highest BCUT2D eigenvalue weighted by Crippen LogP contribution is 2.30. The molecule has 2 aliphatic heterocycles. The summed E-state index contributed by atoms with van der Waals surface area (Å²) in [5.41, 5.74) is 7.59. The predicted molar refractivity (Wildman–Crippen MR) is 97.9 cm³/mol. The first-order valence-electron chi connectivity index (χ1n) is 8.70. The summed E-state index contributed by atoms with van der Waals surface area (Å²) < 4.78 is 7.05. The van der Waals surface area contributed by atoms with Crippen molar-refractivity contribution in [2.45, 2.75) is 0 Å². The maximum absolute atomic E-state index is 12.6. The molecule has 0 aromatic carbocycles. The number of morpholine rings is 1. The standard InChI is InChI=1S/C17H16N8O3/c1-23-15(26)11-12(16(23)27)25-8-10(9-6-19-17(18)20-7-9)21-13(14(25)22-11)24-2-4-28-5-3-24/h6-8H,2-5H2,1H3,(H2,18,19,20). The van der Waals surface area contributed by atoms with Crippen molar-refractivity contribution in [3.8, 4) is 11.3 Å². The number of nitrogen functional groups attached to an aromatic ring is 1. The van der Waals surface area contributed by atoms with Crippen LogP contribution in [0.4, 0.5) is 11.8 Å². The van der Waals surface area contributed by atoms with Gasteiger partial charge in [0.25, 0.3) is 11.8 Å². The topological polar surface area (TPSA) is 132 Å². The minimum Gasteiger partial charge on any atom is -0.378 e. The number of fused-ring (bicyclic) bond motifs is 3. The second kappa shape index (κ2) is 5.96. The third-order valence-corrected chi connectivity index (χ3v) is 4.88. The molecule has 28 heavy (non-hydrogen) atoms. The van der Waals surface area contributed by atoms with Crippen LogP contribution in [0, 0.1) is 0 Å². The van der Waals surface area contributed by atoms with Gasteiger partial charge in [0.2, 0.25) is 5.95 Å². The van der Waals surface area contributed by atoms with Crippen LogP contribution >= 0.6 is 0 Å². The minimum absolute atomic E-state index is 0.134. The highest BCUT2D eigenvalue weighted by Gasteiger charge is 2.39. The Bertz CT molecular complexity index is 1120. The molecule has 11 heteroatoms. The normalized spacial score (nSPS) is 16.9. The van der Waals surface area contributed by atoms with Crippen LogP contribution in [0.3, 0.4) is 0 Å². The van der Waals surface area contributed by atoms with Gasteiger partial charge in [-0.15, -0.1) is 0 Å². The number of aromatic nitrogens is 5. The molecule has 3 aromatic heterocycles. The molecule has 0 bridgehead atoms. The Morgan fingerprint density at radius 1 is 1.07 bits per heavy atom. The molecule has 1 saturated heterocycles. The van der Waals surface area contributed by atoms with E-state index in [1.807, 2.05) is 4.90 Å². The summed E-state index contributed by atoms with van der Waals surface area (Å²) in [6, 6.07) is 0. The number of anilines is 2. The fourth-order valence-corrected chi connectivity index (χ4v) is 3.39. The van der Waals surface area contributed by atoms with E-state index < -0.39 is 11.8 Å². The summed E-state index contributed by atoms with van der Waals surface area (Å²) in [5, 5.41) is 0. The molecule has 11 nitrogen and oxygen atoms in total. The number of rotatable bonds is 2. The van der Waals surface area contributed by atoms with E-state index in [1.165, 1.54) is 7.05 Å². The minimum atomic E-state index is -0.422. The fourth-order valence-electron chi connectivity index (χ4n) is 3.39. The van der Waals surface area contributed by atoms with Gasteiger partial charge >= 0.3 is 0 Å². The highest BCUT2D eigenvalue weighted by molar-refractivity contribution is 6.20. The van der Waals surface area contributed by atoms with Crippen LogP contribution in [0.15, 0.2) is 18.6 Å². The van der Waals surface area contributed by atoms with Gasteiger partial charge in [0.05, 0.1) is 18.9 Å². The van der Waals surface area contributed by atoms with Crippen LogP contribution in [-0.4, -0.2) is 74.4 Å². The molecule has 1 fully saturated rings. The van der Waals surface area contributed by atoms with Crippen LogP contribution < -0.4 is 10.6 Å². The maximum atomic E-state index is 12.6. The Labute approximate surface area is 158 Å². The zero-order chi connectivity index (χ0) is 19.4. The Balaban J connectivity index is 1.77. The van der Waals surface area contributed by atoms with Gasteiger partial charge < -0.3 is 15.4 Å². The highest BCUT2D eigenvalue weighted by atomic mass is 16.5. The fraction of sp³-hybridized carbons (Fsp3) is 0.294. The lowest BCUT2D eigenvalue weighted by Crippen LogP contribution is -2.37. The molecule has 2 N–H and O–H groups in total. The lowest BCUT2D eigenvalue weighted by Gasteiger charge is -2.28. The molecule has 0 atom stereocenters. The van der Waals surface area contributed by atoms with Crippen LogP contribution in [0.5, 0.6) is 0 Å². The number of hydrogen-bond acceptors (Lipinski definition) is 9. The lowest BCUT2D eigenvalue weighted by molar-refractivity contribution is 0.0688. The summed E-state index contributed by atoms with van der Waals surface area (Å²) in [6.07, 6.45) is 4.80. The molecular weight excluding hydrogens is 364 g/mol.